The Bertz CT molecular complexity index is 810. The third-order valence-electron chi connectivity index (χ3n) is 2.99. The highest BCUT2D eigenvalue weighted by Crippen LogP contribution is 2.31. The molecule has 0 spiro atoms. The van der Waals surface area contributed by atoms with Crippen LogP contribution in [0, 0.1) is 0 Å². The predicted molar refractivity (Wildman–Crippen MR) is 88.5 cm³/mol. The molecule has 2 heterocycles. The lowest BCUT2D eigenvalue weighted by Gasteiger charge is -2.11. The van der Waals surface area contributed by atoms with Gasteiger partial charge in [-0.1, -0.05) is 11.6 Å². The van der Waals surface area contributed by atoms with Gasteiger partial charge in [-0.25, -0.2) is 0 Å². The van der Waals surface area contributed by atoms with Gasteiger partial charge in [0.15, 0.2) is 0 Å². The number of halogens is 2. The number of nitrogens with zero attached hydrogens (tertiary/aromatic N) is 2. The van der Waals surface area contributed by atoms with E-state index in [-0.39, 0.29) is 0 Å². The number of rotatable bonds is 3. The lowest BCUT2D eigenvalue weighted by Crippen LogP contribution is -1.96. The van der Waals surface area contributed by atoms with Gasteiger partial charge in [-0.15, -0.1) is 0 Å². The van der Waals surface area contributed by atoms with Gasteiger partial charge in [0.1, 0.15) is 11.3 Å². The van der Waals surface area contributed by atoms with Crippen LogP contribution < -0.4 is 10.1 Å². The zero-order valence-corrected chi connectivity index (χ0v) is 13.4. The third-order valence-corrected chi connectivity index (χ3v) is 3.75. The molecule has 2 aromatic heterocycles. The van der Waals surface area contributed by atoms with Crippen molar-refractivity contribution in [1.29, 1.82) is 0 Å². The quantitative estimate of drug-likeness (QED) is 0.725. The van der Waals surface area contributed by atoms with E-state index < -0.39 is 0 Å². The number of methoxy groups -OCH3 is 1. The molecule has 1 aromatic carbocycles. The van der Waals surface area contributed by atoms with Gasteiger partial charge in [-0.3, -0.25) is 9.97 Å². The summed E-state index contributed by atoms with van der Waals surface area (Å²) in [6.07, 6.45) is 3.47. The standard InChI is InChI=1S/C15H11BrClN3O/c1-21-10-2-3-11(17)13(7-10)20-12-4-5-18-14-6-9(16)8-19-15(12)14/h2-8H,1H3,(H,18,20). The van der Waals surface area contributed by atoms with Gasteiger partial charge in [0.2, 0.25) is 0 Å². The van der Waals surface area contributed by atoms with E-state index in [1.807, 2.05) is 24.3 Å². The number of hydrogen-bond donors (Lipinski definition) is 1. The van der Waals surface area contributed by atoms with Gasteiger partial charge < -0.3 is 10.1 Å². The average Bonchev–Trinajstić information content (AvgIpc) is 2.49. The number of pyridine rings is 2. The van der Waals surface area contributed by atoms with Crippen LogP contribution in [-0.2, 0) is 0 Å². The normalized spacial score (nSPS) is 10.6. The molecule has 0 fully saturated rings. The summed E-state index contributed by atoms with van der Waals surface area (Å²) >= 11 is 9.61. The maximum absolute atomic E-state index is 6.22. The van der Waals surface area contributed by atoms with E-state index in [9.17, 15) is 0 Å². The molecule has 106 valence electrons. The topological polar surface area (TPSA) is 47.0 Å². The molecule has 0 atom stereocenters. The molecule has 0 radical (unpaired) electrons. The maximum atomic E-state index is 6.22. The van der Waals surface area contributed by atoms with Gasteiger partial charge in [-0.05, 0) is 40.2 Å². The highest BCUT2D eigenvalue weighted by molar-refractivity contribution is 9.10. The highest BCUT2D eigenvalue weighted by atomic mass is 79.9. The molecule has 0 saturated heterocycles. The summed E-state index contributed by atoms with van der Waals surface area (Å²) in [7, 11) is 1.62. The van der Waals surface area contributed by atoms with E-state index in [2.05, 4.69) is 31.2 Å². The Morgan fingerprint density at radius 3 is 2.81 bits per heavy atom. The minimum atomic E-state index is 0.609. The van der Waals surface area contributed by atoms with Crippen LogP contribution in [0.25, 0.3) is 11.0 Å². The van der Waals surface area contributed by atoms with Crippen molar-refractivity contribution in [3.05, 3.63) is 52.2 Å². The molecule has 0 unspecified atom stereocenters. The SMILES string of the molecule is COc1ccc(Cl)c(Nc2ccnc3cc(Br)cnc23)c1. The van der Waals surface area contributed by atoms with Gasteiger partial charge in [0.25, 0.3) is 0 Å². The van der Waals surface area contributed by atoms with Crippen molar-refractivity contribution in [1.82, 2.24) is 9.97 Å². The molecule has 21 heavy (non-hydrogen) atoms. The van der Waals surface area contributed by atoms with E-state index in [1.165, 1.54) is 0 Å². The maximum Gasteiger partial charge on any atom is 0.121 e. The molecule has 0 bridgehead atoms. The lowest BCUT2D eigenvalue weighted by molar-refractivity contribution is 0.415. The van der Waals surface area contributed by atoms with Crippen LogP contribution in [0.3, 0.4) is 0 Å². The summed E-state index contributed by atoms with van der Waals surface area (Å²) in [6, 6.07) is 9.22. The van der Waals surface area contributed by atoms with E-state index in [0.717, 1.165) is 32.6 Å². The second-order valence-electron chi connectivity index (χ2n) is 4.35. The molecule has 4 nitrogen and oxygen atoms in total. The first kappa shape index (κ1) is 14.1. The molecule has 0 aliphatic rings. The largest absolute Gasteiger partial charge is 0.497 e. The Morgan fingerprint density at radius 2 is 2.00 bits per heavy atom. The van der Waals surface area contributed by atoms with Gasteiger partial charge >= 0.3 is 0 Å². The number of ether oxygens (including phenoxy) is 1. The molecule has 0 aliphatic heterocycles. The van der Waals surface area contributed by atoms with Crippen molar-refractivity contribution in [2.45, 2.75) is 0 Å². The summed E-state index contributed by atoms with van der Waals surface area (Å²) in [6.45, 7) is 0. The third kappa shape index (κ3) is 2.94. The smallest absolute Gasteiger partial charge is 0.121 e. The number of benzene rings is 1. The fraction of sp³-hybridized carbons (Fsp3) is 0.0667. The second kappa shape index (κ2) is 5.87. The van der Waals surface area contributed by atoms with Crippen LogP contribution in [0.1, 0.15) is 0 Å². The Balaban J connectivity index is 2.06. The molecule has 0 amide bonds. The highest BCUT2D eigenvalue weighted by Gasteiger charge is 2.07. The Hall–Kier alpha value is -1.85. The van der Waals surface area contributed by atoms with E-state index in [4.69, 9.17) is 16.3 Å². The molecular weight excluding hydrogens is 354 g/mol. The number of fused-ring (bicyclic) bond motifs is 1. The van der Waals surface area contributed by atoms with E-state index in [1.54, 1.807) is 25.6 Å². The first-order valence-corrected chi connectivity index (χ1v) is 7.35. The Kier molecular flexibility index (Phi) is 3.94. The molecule has 1 N–H and O–H groups in total. The van der Waals surface area contributed by atoms with Crippen LogP contribution in [-0.4, -0.2) is 17.1 Å². The second-order valence-corrected chi connectivity index (χ2v) is 5.67. The van der Waals surface area contributed by atoms with Crippen LogP contribution >= 0.6 is 27.5 Å². The summed E-state index contributed by atoms with van der Waals surface area (Å²) in [5, 5.41) is 3.89. The van der Waals surface area contributed by atoms with E-state index in [0.29, 0.717) is 5.02 Å². The van der Waals surface area contributed by atoms with Crippen molar-refractivity contribution in [2.24, 2.45) is 0 Å². The first-order valence-electron chi connectivity index (χ1n) is 6.18. The van der Waals surface area contributed by atoms with Crippen LogP contribution in [0.4, 0.5) is 11.4 Å². The molecule has 3 rings (SSSR count). The number of anilines is 2. The Labute approximate surface area is 135 Å². The first-order chi connectivity index (χ1) is 10.2. The fourth-order valence-electron chi connectivity index (χ4n) is 1.98. The minimum Gasteiger partial charge on any atom is -0.497 e. The van der Waals surface area contributed by atoms with Gasteiger partial charge in [0.05, 0.1) is 29.0 Å². The Morgan fingerprint density at radius 1 is 1.14 bits per heavy atom. The molecule has 0 aliphatic carbocycles. The van der Waals surface area contributed by atoms with Crippen molar-refractivity contribution in [3.63, 3.8) is 0 Å². The summed E-state index contributed by atoms with van der Waals surface area (Å²) in [4.78, 5) is 8.71. The zero-order valence-electron chi connectivity index (χ0n) is 11.1. The monoisotopic (exact) mass is 363 g/mol. The lowest BCUT2D eigenvalue weighted by atomic mass is 10.2. The average molecular weight is 365 g/mol. The number of nitrogens with one attached hydrogen (secondary N) is 1. The van der Waals surface area contributed by atoms with Crippen molar-refractivity contribution < 1.29 is 4.74 Å². The predicted octanol–water partition coefficient (Wildman–Crippen LogP) is 4.80. The number of hydrogen-bond acceptors (Lipinski definition) is 4. The molecular formula is C15H11BrClN3O. The number of aromatic nitrogens is 2. The zero-order chi connectivity index (χ0) is 14.8. The van der Waals surface area contributed by atoms with Crippen LogP contribution in [0.5, 0.6) is 5.75 Å². The fourth-order valence-corrected chi connectivity index (χ4v) is 2.46. The van der Waals surface area contributed by atoms with Crippen molar-refractivity contribution >= 4 is 49.9 Å². The van der Waals surface area contributed by atoms with Crippen LogP contribution in [0.2, 0.25) is 5.02 Å². The summed E-state index contributed by atoms with van der Waals surface area (Å²) in [5.74, 6) is 0.732. The van der Waals surface area contributed by atoms with Gasteiger partial charge in [0, 0.05) is 22.9 Å². The summed E-state index contributed by atoms with van der Waals surface area (Å²) < 4.78 is 6.11. The van der Waals surface area contributed by atoms with Gasteiger partial charge in [-0.2, -0.15) is 0 Å². The van der Waals surface area contributed by atoms with Crippen LogP contribution in [0.15, 0.2) is 47.2 Å². The molecule has 6 heteroatoms. The molecule has 0 saturated carbocycles. The van der Waals surface area contributed by atoms with Crippen molar-refractivity contribution in [3.8, 4) is 5.75 Å². The van der Waals surface area contributed by atoms with Crippen molar-refractivity contribution in [2.75, 3.05) is 12.4 Å². The molecule has 3 aromatic rings. The minimum absolute atomic E-state index is 0.609. The van der Waals surface area contributed by atoms with E-state index >= 15 is 0 Å². The summed E-state index contributed by atoms with van der Waals surface area (Å²) in [5.41, 5.74) is 3.17.